The summed E-state index contributed by atoms with van der Waals surface area (Å²) in [4.78, 5) is 11.8. The molecule has 0 fully saturated rings. The third kappa shape index (κ3) is 3.84. The molecule has 0 aliphatic rings. The molecule has 0 aliphatic heterocycles. The fourth-order valence-corrected chi connectivity index (χ4v) is 2.04. The second kappa shape index (κ2) is 6.09. The first-order valence-electron chi connectivity index (χ1n) is 5.84. The third-order valence-corrected chi connectivity index (χ3v) is 2.96. The van der Waals surface area contributed by atoms with Crippen LogP contribution in [-0.2, 0) is 17.6 Å². The summed E-state index contributed by atoms with van der Waals surface area (Å²) in [6, 6.07) is 6.91. The lowest BCUT2D eigenvalue weighted by Gasteiger charge is -2.04. The number of halogens is 4. The van der Waals surface area contributed by atoms with Crippen LogP contribution >= 0.6 is 11.6 Å². The minimum atomic E-state index is -0.745. The third-order valence-electron chi connectivity index (χ3n) is 2.73. The van der Waals surface area contributed by atoms with Crippen molar-refractivity contribution in [1.82, 2.24) is 0 Å². The fourth-order valence-electron chi connectivity index (χ4n) is 1.88. The number of ketones is 1. The molecule has 0 spiro atoms. The van der Waals surface area contributed by atoms with Crippen molar-refractivity contribution >= 4 is 17.4 Å². The summed E-state index contributed by atoms with van der Waals surface area (Å²) in [5.41, 5.74) is 0.429. The molecule has 0 saturated heterocycles. The maximum atomic E-state index is 13.5. The predicted octanol–water partition coefficient (Wildman–Crippen LogP) is 4.11. The van der Waals surface area contributed by atoms with Gasteiger partial charge in [-0.05, 0) is 35.4 Å². The van der Waals surface area contributed by atoms with E-state index in [1.54, 1.807) is 0 Å². The molecule has 20 heavy (non-hydrogen) atoms. The molecule has 2 rings (SSSR count). The Bertz CT molecular complexity index is 635. The molecule has 0 bridgehead atoms. The summed E-state index contributed by atoms with van der Waals surface area (Å²) in [6.07, 6.45) is -0.308. The van der Waals surface area contributed by atoms with Crippen LogP contribution < -0.4 is 0 Å². The Balaban J connectivity index is 2.09. The first-order valence-corrected chi connectivity index (χ1v) is 6.22. The van der Waals surface area contributed by atoms with Gasteiger partial charge in [0.05, 0.1) is 0 Å². The molecular formula is C15H10ClF3O. The Morgan fingerprint density at radius 2 is 1.60 bits per heavy atom. The molecule has 0 unspecified atom stereocenters. The van der Waals surface area contributed by atoms with E-state index in [-0.39, 0.29) is 34.8 Å². The van der Waals surface area contributed by atoms with E-state index in [0.717, 1.165) is 24.3 Å². The Labute approximate surface area is 119 Å². The number of carbonyl (C=O) groups is 1. The second-order valence-corrected chi connectivity index (χ2v) is 4.84. The number of hydrogen-bond acceptors (Lipinski definition) is 1. The topological polar surface area (TPSA) is 17.1 Å². The lowest BCUT2D eigenvalue weighted by Crippen LogP contribution is -2.08. The zero-order chi connectivity index (χ0) is 14.7. The number of Topliss-reactive ketones (excluding diaryl/α,β-unsaturated/α-hetero) is 1. The van der Waals surface area contributed by atoms with Crippen molar-refractivity contribution in [2.24, 2.45) is 0 Å². The molecule has 0 saturated carbocycles. The molecule has 2 aromatic carbocycles. The van der Waals surface area contributed by atoms with Gasteiger partial charge in [0.2, 0.25) is 0 Å². The van der Waals surface area contributed by atoms with Gasteiger partial charge in [-0.25, -0.2) is 13.2 Å². The van der Waals surface area contributed by atoms with E-state index in [4.69, 9.17) is 11.6 Å². The quantitative estimate of drug-likeness (QED) is 0.830. The molecule has 5 heteroatoms. The van der Waals surface area contributed by atoms with E-state index in [0.29, 0.717) is 0 Å². The summed E-state index contributed by atoms with van der Waals surface area (Å²) in [6.45, 7) is 0. The average molecular weight is 299 g/mol. The van der Waals surface area contributed by atoms with Crippen LogP contribution in [0.2, 0.25) is 5.02 Å². The fraction of sp³-hybridized carbons (Fsp3) is 0.133. The van der Waals surface area contributed by atoms with E-state index in [1.165, 1.54) is 12.1 Å². The van der Waals surface area contributed by atoms with Crippen LogP contribution in [0.5, 0.6) is 0 Å². The molecule has 0 heterocycles. The minimum absolute atomic E-state index is 0.152. The highest BCUT2D eigenvalue weighted by Crippen LogP contribution is 2.16. The van der Waals surface area contributed by atoms with Crippen molar-refractivity contribution in [3.05, 3.63) is 70.0 Å². The monoisotopic (exact) mass is 298 g/mol. The van der Waals surface area contributed by atoms with Crippen LogP contribution in [0.3, 0.4) is 0 Å². The summed E-state index contributed by atoms with van der Waals surface area (Å²) in [5, 5.41) is 0.242. The molecule has 0 aliphatic carbocycles. The summed E-state index contributed by atoms with van der Waals surface area (Å²) < 4.78 is 39.5. The Hall–Kier alpha value is -1.81. The number of hydrogen-bond donors (Lipinski definition) is 0. The van der Waals surface area contributed by atoms with Crippen LogP contribution in [0.25, 0.3) is 0 Å². The highest BCUT2D eigenvalue weighted by Gasteiger charge is 2.11. The van der Waals surface area contributed by atoms with Gasteiger partial charge >= 0.3 is 0 Å². The number of benzene rings is 2. The van der Waals surface area contributed by atoms with E-state index in [2.05, 4.69) is 0 Å². The average Bonchev–Trinajstić information content (AvgIpc) is 2.31. The zero-order valence-corrected chi connectivity index (χ0v) is 11.1. The van der Waals surface area contributed by atoms with E-state index >= 15 is 0 Å². The molecule has 0 aromatic heterocycles. The largest absolute Gasteiger partial charge is 0.299 e. The van der Waals surface area contributed by atoms with Gasteiger partial charge in [-0.3, -0.25) is 4.79 Å². The van der Waals surface area contributed by atoms with Crippen molar-refractivity contribution in [3.63, 3.8) is 0 Å². The van der Waals surface area contributed by atoms with Gasteiger partial charge in [-0.1, -0.05) is 17.7 Å². The summed E-state index contributed by atoms with van der Waals surface area (Å²) >= 11 is 5.61. The van der Waals surface area contributed by atoms with Crippen molar-refractivity contribution in [3.8, 4) is 0 Å². The Morgan fingerprint density at radius 3 is 2.20 bits per heavy atom. The van der Waals surface area contributed by atoms with Crippen LogP contribution in [-0.4, -0.2) is 5.78 Å². The Kier molecular flexibility index (Phi) is 4.45. The van der Waals surface area contributed by atoms with Gasteiger partial charge in [-0.15, -0.1) is 0 Å². The molecule has 0 atom stereocenters. The van der Waals surface area contributed by atoms with Crippen molar-refractivity contribution < 1.29 is 18.0 Å². The summed E-state index contributed by atoms with van der Waals surface area (Å²) in [5.74, 6) is -2.40. The van der Waals surface area contributed by atoms with Crippen molar-refractivity contribution in [2.45, 2.75) is 12.8 Å². The predicted molar refractivity (Wildman–Crippen MR) is 70.2 cm³/mol. The van der Waals surface area contributed by atoms with Crippen LogP contribution in [0, 0.1) is 17.5 Å². The Morgan fingerprint density at radius 1 is 0.950 bits per heavy atom. The molecule has 0 radical (unpaired) electrons. The maximum absolute atomic E-state index is 13.5. The minimum Gasteiger partial charge on any atom is -0.299 e. The molecule has 1 nitrogen and oxygen atoms in total. The SMILES string of the molecule is O=C(Cc1cc(F)cc(F)c1)Cc1ccc(Cl)cc1F. The van der Waals surface area contributed by atoms with E-state index in [1.807, 2.05) is 0 Å². The highest BCUT2D eigenvalue weighted by molar-refractivity contribution is 6.30. The molecule has 0 N–H and O–H groups in total. The first kappa shape index (κ1) is 14.6. The lowest BCUT2D eigenvalue weighted by molar-refractivity contribution is -0.117. The van der Waals surface area contributed by atoms with Gasteiger partial charge in [0, 0.05) is 23.9 Å². The number of carbonyl (C=O) groups excluding carboxylic acids is 1. The zero-order valence-electron chi connectivity index (χ0n) is 10.3. The molecule has 104 valence electrons. The lowest BCUT2D eigenvalue weighted by atomic mass is 10.0. The van der Waals surface area contributed by atoms with Gasteiger partial charge in [-0.2, -0.15) is 0 Å². The van der Waals surface area contributed by atoms with Gasteiger partial charge in [0.15, 0.2) is 0 Å². The van der Waals surface area contributed by atoms with Crippen LogP contribution in [0.15, 0.2) is 36.4 Å². The van der Waals surface area contributed by atoms with E-state index in [9.17, 15) is 18.0 Å². The van der Waals surface area contributed by atoms with Crippen LogP contribution in [0.4, 0.5) is 13.2 Å². The first-order chi connectivity index (χ1) is 9.44. The smallest absolute Gasteiger partial charge is 0.141 e. The molecule has 2 aromatic rings. The second-order valence-electron chi connectivity index (χ2n) is 4.41. The maximum Gasteiger partial charge on any atom is 0.141 e. The summed E-state index contributed by atoms with van der Waals surface area (Å²) in [7, 11) is 0. The van der Waals surface area contributed by atoms with Gasteiger partial charge in [0.25, 0.3) is 0 Å². The molecule has 0 amide bonds. The van der Waals surface area contributed by atoms with Crippen molar-refractivity contribution in [2.75, 3.05) is 0 Å². The highest BCUT2D eigenvalue weighted by atomic mass is 35.5. The van der Waals surface area contributed by atoms with Gasteiger partial charge in [0.1, 0.15) is 23.2 Å². The molecular weight excluding hydrogens is 289 g/mol. The van der Waals surface area contributed by atoms with Crippen molar-refractivity contribution in [1.29, 1.82) is 0 Å². The van der Waals surface area contributed by atoms with E-state index < -0.39 is 17.5 Å². The van der Waals surface area contributed by atoms with Gasteiger partial charge < -0.3 is 0 Å². The number of rotatable bonds is 4. The standard InChI is InChI=1S/C15H10ClF3O/c16-11-2-1-10(15(19)7-11)6-14(20)5-9-3-12(17)8-13(18)4-9/h1-4,7-8H,5-6H2. The normalized spacial score (nSPS) is 10.6. The van der Waals surface area contributed by atoms with Crippen LogP contribution in [0.1, 0.15) is 11.1 Å².